The minimum atomic E-state index is -0.645. The molecule has 152 valence electrons. The molecule has 0 saturated carbocycles. The molecule has 2 aromatic carbocycles. The predicted molar refractivity (Wildman–Crippen MR) is 113 cm³/mol. The molecule has 0 atom stereocenters. The fourth-order valence-corrected chi connectivity index (χ4v) is 3.60. The molecule has 3 rings (SSSR count). The summed E-state index contributed by atoms with van der Waals surface area (Å²) in [6.07, 6.45) is 3.16. The van der Waals surface area contributed by atoms with E-state index < -0.39 is 10.9 Å². The Morgan fingerprint density at radius 3 is 2.41 bits per heavy atom. The summed E-state index contributed by atoms with van der Waals surface area (Å²) in [6, 6.07) is 7.74. The Kier molecular flexibility index (Phi) is 6.74. The Morgan fingerprint density at radius 1 is 1.17 bits per heavy atom. The number of benzene rings is 2. The zero-order chi connectivity index (χ0) is 21.0. The molecule has 0 bridgehead atoms. The van der Waals surface area contributed by atoms with Crippen molar-refractivity contribution in [2.24, 2.45) is 0 Å². The second-order valence-electron chi connectivity index (χ2n) is 6.28. The van der Waals surface area contributed by atoms with Gasteiger partial charge in [-0.3, -0.25) is 10.1 Å². The molecule has 1 heterocycles. The molecule has 0 aliphatic carbocycles. The molecule has 7 nitrogen and oxygen atoms in total. The van der Waals surface area contributed by atoms with Crippen LogP contribution in [-0.4, -0.2) is 44.3 Å². The van der Waals surface area contributed by atoms with Crippen LogP contribution in [0, 0.1) is 10.1 Å². The molecule has 29 heavy (non-hydrogen) atoms. The first-order valence-corrected chi connectivity index (χ1v) is 9.53. The summed E-state index contributed by atoms with van der Waals surface area (Å²) < 4.78 is 9.96. The molecule has 0 unspecified atom stereocenters. The lowest BCUT2D eigenvalue weighted by Gasteiger charge is -2.29. The fraction of sp³-hybridized carbons (Fsp3) is 0.250. The molecule has 0 spiro atoms. The highest BCUT2D eigenvalue weighted by atomic mass is 35.5. The van der Waals surface area contributed by atoms with E-state index in [0.29, 0.717) is 34.4 Å². The number of ether oxygens (including phenoxy) is 2. The van der Waals surface area contributed by atoms with Crippen molar-refractivity contribution in [1.29, 1.82) is 0 Å². The smallest absolute Gasteiger partial charge is 0.338 e. The first-order valence-electron chi connectivity index (χ1n) is 8.77. The number of halogens is 2. The van der Waals surface area contributed by atoms with Gasteiger partial charge in [0.1, 0.15) is 0 Å². The summed E-state index contributed by atoms with van der Waals surface area (Å²) in [5.74, 6) is -0.645. The number of morpholine rings is 1. The number of anilines is 1. The number of nitro groups is 1. The van der Waals surface area contributed by atoms with Crippen LogP contribution in [0.4, 0.5) is 11.4 Å². The van der Waals surface area contributed by atoms with Gasteiger partial charge in [-0.25, -0.2) is 4.79 Å². The number of carbonyl (C=O) groups excluding carboxylic acids is 1. The Bertz CT molecular complexity index is 948. The molecule has 9 heteroatoms. The number of rotatable bonds is 5. The van der Waals surface area contributed by atoms with Gasteiger partial charge in [0.15, 0.2) is 0 Å². The number of hydrogen-bond acceptors (Lipinski definition) is 6. The Balaban J connectivity index is 1.91. The van der Waals surface area contributed by atoms with E-state index in [2.05, 4.69) is 9.64 Å². The Hall–Kier alpha value is -2.61. The van der Waals surface area contributed by atoms with Gasteiger partial charge in [0, 0.05) is 30.4 Å². The summed E-state index contributed by atoms with van der Waals surface area (Å²) in [5, 5.41) is 12.3. The lowest BCUT2D eigenvalue weighted by atomic mass is 10.1. The Labute approximate surface area is 177 Å². The highest BCUT2D eigenvalue weighted by Crippen LogP contribution is 2.33. The van der Waals surface area contributed by atoms with Gasteiger partial charge in [-0.1, -0.05) is 29.3 Å². The zero-order valence-electron chi connectivity index (χ0n) is 15.6. The predicted octanol–water partition coefficient (Wildman–Crippen LogP) is 4.70. The van der Waals surface area contributed by atoms with Crippen LogP contribution < -0.4 is 4.90 Å². The van der Waals surface area contributed by atoms with E-state index in [1.165, 1.54) is 25.3 Å². The van der Waals surface area contributed by atoms with Crippen LogP contribution in [0.25, 0.3) is 12.2 Å². The van der Waals surface area contributed by atoms with Gasteiger partial charge in [0.05, 0.1) is 46.4 Å². The lowest BCUT2D eigenvalue weighted by Crippen LogP contribution is -2.36. The van der Waals surface area contributed by atoms with Crippen molar-refractivity contribution in [3.05, 3.63) is 67.2 Å². The number of carbonyl (C=O) groups is 1. The molecule has 1 aliphatic heterocycles. The molecule has 2 aromatic rings. The van der Waals surface area contributed by atoms with Gasteiger partial charge in [-0.05, 0) is 30.3 Å². The summed E-state index contributed by atoms with van der Waals surface area (Å²) >= 11 is 12.8. The van der Waals surface area contributed by atoms with Crippen LogP contribution in [0.5, 0.6) is 0 Å². The Morgan fingerprint density at radius 2 is 1.83 bits per heavy atom. The molecule has 1 saturated heterocycles. The van der Waals surface area contributed by atoms with E-state index in [1.807, 2.05) is 12.1 Å². The molecule has 1 fully saturated rings. The number of nitrogens with zero attached hydrogens (tertiary/aromatic N) is 2. The molecule has 1 aliphatic rings. The standard InChI is InChI=1S/C20H18Cl2N2O5/c1-28-20(25)14-3-2-13(19(10-14)24(26)27)4-5-16-17(21)11-15(12-18(16)22)23-6-8-29-9-7-23/h2-5,10-12H,6-9H2,1H3/b5-4+. The maximum Gasteiger partial charge on any atom is 0.338 e. The van der Waals surface area contributed by atoms with E-state index >= 15 is 0 Å². The van der Waals surface area contributed by atoms with Crippen molar-refractivity contribution in [3.63, 3.8) is 0 Å². The van der Waals surface area contributed by atoms with E-state index in [4.69, 9.17) is 27.9 Å². The summed E-state index contributed by atoms with van der Waals surface area (Å²) in [5.41, 5.74) is 1.64. The van der Waals surface area contributed by atoms with Crippen molar-refractivity contribution in [3.8, 4) is 0 Å². The van der Waals surface area contributed by atoms with Gasteiger partial charge in [0.2, 0.25) is 0 Å². The minimum absolute atomic E-state index is 0.0993. The number of methoxy groups -OCH3 is 1. The van der Waals surface area contributed by atoms with Crippen molar-refractivity contribution < 1.29 is 19.2 Å². The molecule has 0 aromatic heterocycles. The van der Waals surface area contributed by atoms with E-state index in [0.717, 1.165) is 18.8 Å². The zero-order valence-corrected chi connectivity index (χ0v) is 17.1. The molecule has 0 amide bonds. The second kappa shape index (κ2) is 9.26. The van der Waals surface area contributed by atoms with Crippen molar-refractivity contribution in [2.45, 2.75) is 0 Å². The van der Waals surface area contributed by atoms with E-state index in [9.17, 15) is 14.9 Å². The maximum atomic E-state index is 11.6. The van der Waals surface area contributed by atoms with Gasteiger partial charge < -0.3 is 14.4 Å². The van der Waals surface area contributed by atoms with Gasteiger partial charge >= 0.3 is 5.97 Å². The maximum absolute atomic E-state index is 11.6. The van der Waals surface area contributed by atoms with Crippen LogP contribution in [0.3, 0.4) is 0 Å². The van der Waals surface area contributed by atoms with Gasteiger partial charge in [0.25, 0.3) is 5.69 Å². The van der Waals surface area contributed by atoms with Crippen LogP contribution in [-0.2, 0) is 9.47 Å². The van der Waals surface area contributed by atoms with E-state index in [-0.39, 0.29) is 11.3 Å². The first kappa shape index (κ1) is 21.1. The van der Waals surface area contributed by atoms with Gasteiger partial charge in [-0.15, -0.1) is 0 Å². The van der Waals surface area contributed by atoms with Crippen LogP contribution in [0.2, 0.25) is 10.0 Å². The largest absolute Gasteiger partial charge is 0.465 e. The highest BCUT2D eigenvalue weighted by Gasteiger charge is 2.18. The van der Waals surface area contributed by atoms with Crippen LogP contribution in [0.1, 0.15) is 21.5 Å². The number of hydrogen-bond donors (Lipinski definition) is 0. The average molecular weight is 437 g/mol. The topological polar surface area (TPSA) is 81.9 Å². The second-order valence-corrected chi connectivity index (χ2v) is 7.09. The lowest BCUT2D eigenvalue weighted by molar-refractivity contribution is -0.385. The summed E-state index contributed by atoms with van der Waals surface area (Å²) in [7, 11) is 1.21. The number of esters is 1. The molecular weight excluding hydrogens is 419 g/mol. The third kappa shape index (κ3) is 4.87. The van der Waals surface area contributed by atoms with Crippen LogP contribution in [0.15, 0.2) is 30.3 Å². The van der Waals surface area contributed by atoms with Crippen molar-refractivity contribution in [1.82, 2.24) is 0 Å². The quantitative estimate of drug-likeness (QED) is 0.292. The third-order valence-electron chi connectivity index (χ3n) is 4.52. The molecule has 0 radical (unpaired) electrons. The fourth-order valence-electron chi connectivity index (χ4n) is 2.99. The monoisotopic (exact) mass is 436 g/mol. The summed E-state index contributed by atoms with van der Waals surface area (Å²) in [4.78, 5) is 24.6. The average Bonchev–Trinajstić information content (AvgIpc) is 2.73. The molecular formula is C20H18Cl2N2O5. The number of nitro benzene ring substituents is 1. The highest BCUT2D eigenvalue weighted by molar-refractivity contribution is 6.37. The minimum Gasteiger partial charge on any atom is -0.465 e. The van der Waals surface area contributed by atoms with Crippen molar-refractivity contribution >= 4 is 52.7 Å². The molecule has 0 N–H and O–H groups in total. The van der Waals surface area contributed by atoms with E-state index in [1.54, 1.807) is 12.2 Å². The summed E-state index contributed by atoms with van der Waals surface area (Å²) in [6.45, 7) is 2.78. The van der Waals surface area contributed by atoms with Crippen LogP contribution >= 0.6 is 23.2 Å². The first-order chi connectivity index (χ1) is 13.9. The third-order valence-corrected chi connectivity index (χ3v) is 5.14. The van der Waals surface area contributed by atoms with Gasteiger partial charge in [-0.2, -0.15) is 0 Å². The SMILES string of the molecule is COC(=O)c1ccc(/C=C/c2c(Cl)cc(N3CCOCC3)cc2Cl)c([N+](=O)[O-])c1. The normalized spacial score (nSPS) is 14.2. The van der Waals surface area contributed by atoms with Crippen molar-refractivity contribution in [2.75, 3.05) is 38.3 Å².